The van der Waals surface area contributed by atoms with E-state index in [1.54, 1.807) is 0 Å². The minimum Gasteiger partial charge on any atom is -0.494 e. The maximum absolute atomic E-state index is 5.81. The summed E-state index contributed by atoms with van der Waals surface area (Å²) in [5, 5.41) is 8.44. The predicted molar refractivity (Wildman–Crippen MR) is 107 cm³/mol. The molecule has 142 valence electrons. The molecule has 0 aliphatic rings. The standard InChI is InChI=1S/C22H32N2O2/c1-4-6-7-8-9-16-25-20-12-10-19(11-13-20)21-14-15-22(24-23-21)26-17-18(3)5-2/h10-15,18H,4-9,16-17H2,1-3H3. The van der Waals surface area contributed by atoms with E-state index in [1.165, 1.54) is 25.7 Å². The molecule has 0 saturated carbocycles. The van der Waals surface area contributed by atoms with Crippen LogP contribution in [-0.4, -0.2) is 23.4 Å². The van der Waals surface area contributed by atoms with E-state index in [2.05, 4.69) is 31.0 Å². The van der Waals surface area contributed by atoms with E-state index >= 15 is 0 Å². The number of nitrogens with zero attached hydrogens (tertiary/aromatic N) is 2. The van der Waals surface area contributed by atoms with Gasteiger partial charge in [-0.3, -0.25) is 0 Å². The van der Waals surface area contributed by atoms with Crippen molar-refractivity contribution in [2.75, 3.05) is 13.2 Å². The molecule has 0 saturated heterocycles. The van der Waals surface area contributed by atoms with Crippen LogP contribution < -0.4 is 9.47 Å². The topological polar surface area (TPSA) is 44.2 Å². The third-order valence-electron chi connectivity index (χ3n) is 4.52. The van der Waals surface area contributed by atoms with Gasteiger partial charge in [-0.25, -0.2) is 0 Å². The smallest absolute Gasteiger partial charge is 0.233 e. The first-order chi connectivity index (χ1) is 12.7. The van der Waals surface area contributed by atoms with Crippen molar-refractivity contribution in [1.29, 1.82) is 0 Å². The predicted octanol–water partition coefficient (Wildman–Crippen LogP) is 5.92. The van der Waals surface area contributed by atoms with Crippen LogP contribution in [0.4, 0.5) is 0 Å². The molecule has 4 nitrogen and oxygen atoms in total. The maximum atomic E-state index is 5.81. The van der Waals surface area contributed by atoms with Crippen molar-refractivity contribution >= 4 is 0 Å². The van der Waals surface area contributed by atoms with E-state index in [4.69, 9.17) is 9.47 Å². The molecule has 0 spiro atoms. The maximum Gasteiger partial charge on any atom is 0.233 e. The van der Waals surface area contributed by atoms with E-state index in [1.807, 2.05) is 36.4 Å². The molecule has 0 amide bonds. The summed E-state index contributed by atoms with van der Waals surface area (Å²) < 4.78 is 11.5. The van der Waals surface area contributed by atoms with E-state index in [0.717, 1.165) is 36.5 Å². The zero-order valence-electron chi connectivity index (χ0n) is 16.4. The highest BCUT2D eigenvalue weighted by atomic mass is 16.5. The molecule has 26 heavy (non-hydrogen) atoms. The van der Waals surface area contributed by atoms with Crippen LogP contribution in [0.5, 0.6) is 11.6 Å². The third kappa shape index (κ3) is 7.03. The number of rotatable bonds is 12. The number of ether oxygens (including phenoxy) is 2. The fourth-order valence-corrected chi connectivity index (χ4v) is 2.51. The molecule has 0 aliphatic carbocycles. The van der Waals surface area contributed by atoms with Crippen LogP contribution in [0, 0.1) is 5.92 Å². The number of aromatic nitrogens is 2. The second kappa shape index (κ2) is 11.5. The monoisotopic (exact) mass is 356 g/mol. The molecule has 1 aromatic carbocycles. The Morgan fingerprint density at radius 1 is 0.846 bits per heavy atom. The normalized spacial score (nSPS) is 12.0. The van der Waals surface area contributed by atoms with Crippen molar-refractivity contribution in [2.45, 2.75) is 59.3 Å². The molecule has 2 aromatic rings. The van der Waals surface area contributed by atoms with E-state index in [-0.39, 0.29) is 0 Å². The molecule has 0 fully saturated rings. The van der Waals surface area contributed by atoms with Gasteiger partial charge in [0, 0.05) is 11.6 Å². The highest BCUT2D eigenvalue weighted by Crippen LogP contribution is 2.21. The first kappa shape index (κ1) is 20.2. The van der Waals surface area contributed by atoms with Gasteiger partial charge in [-0.05, 0) is 42.7 Å². The SMILES string of the molecule is CCCCCCCOc1ccc(-c2ccc(OCC(C)CC)nn2)cc1. The van der Waals surface area contributed by atoms with Gasteiger partial charge in [0.1, 0.15) is 5.75 Å². The van der Waals surface area contributed by atoms with E-state index in [0.29, 0.717) is 18.4 Å². The summed E-state index contributed by atoms with van der Waals surface area (Å²) in [4.78, 5) is 0. The molecule has 1 unspecified atom stereocenters. The summed E-state index contributed by atoms with van der Waals surface area (Å²) in [6, 6.07) is 11.9. The molecular weight excluding hydrogens is 324 g/mol. The highest BCUT2D eigenvalue weighted by molar-refractivity contribution is 5.59. The van der Waals surface area contributed by atoms with Gasteiger partial charge < -0.3 is 9.47 Å². The Kier molecular flexibility index (Phi) is 8.94. The first-order valence-corrected chi connectivity index (χ1v) is 9.92. The van der Waals surface area contributed by atoms with Gasteiger partial charge >= 0.3 is 0 Å². The Morgan fingerprint density at radius 2 is 1.62 bits per heavy atom. The third-order valence-corrected chi connectivity index (χ3v) is 4.52. The molecule has 4 heteroatoms. The number of hydrogen-bond acceptors (Lipinski definition) is 4. The number of hydrogen-bond donors (Lipinski definition) is 0. The van der Waals surface area contributed by atoms with Crippen LogP contribution >= 0.6 is 0 Å². The lowest BCUT2D eigenvalue weighted by molar-refractivity contribution is 0.245. The van der Waals surface area contributed by atoms with Crippen molar-refractivity contribution < 1.29 is 9.47 Å². The number of benzene rings is 1. The Balaban J connectivity index is 1.80. The zero-order chi connectivity index (χ0) is 18.6. The van der Waals surface area contributed by atoms with Crippen molar-refractivity contribution in [2.24, 2.45) is 5.92 Å². The molecule has 1 heterocycles. The van der Waals surface area contributed by atoms with Gasteiger partial charge in [-0.15, -0.1) is 10.2 Å². The molecule has 0 N–H and O–H groups in total. The van der Waals surface area contributed by atoms with Gasteiger partial charge in [0.2, 0.25) is 5.88 Å². The average Bonchev–Trinajstić information content (AvgIpc) is 2.69. The summed E-state index contributed by atoms with van der Waals surface area (Å²) in [5.41, 5.74) is 1.87. The van der Waals surface area contributed by atoms with Gasteiger partial charge in [-0.2, -0.15) is 0 Å². The first-order valence-electron chi connectivity index (χ1n) is 9.92. The minimum absolute atomic E-state index is 0.524. The lowest BCUT2D eigenvalue weighted by Gasteiger charge is -2.10. The van der Waals surface area contributed by atoms with Crippen LogP contribution in [-0.2, 0) is 0 Å². The fraction of sp³-hybridized carbons (Fsp3) is 0.545. The van der Waals surface area contributed by atoms with Crippen LogP contribution in [0.3, 0.4) is 0 Å². The Bertz CT molecular complexity index is 611. The average molecular weight is 357 g/mol. The van der Waals surface area contributed by atoms with Crippen LogP contribution in [0.1, 0.15) is 59.3 Å². The zero-order valence-corrected chi connectivity index (χ0v) is 16.4. The highest BCUT2D eigenvalue weighted by Gasteiger charge is 2.05. The van der Waals surface area contributed by atoms with Gasteiger partial charge in [0.15, 0.2) is 0 Å². The lowest BCUT2D eigenvalue weighted by Crippen LogP contribution is -2.08. The summed E-state index contributed by atoms with van der Waals surface area (Å²) in [5.74, 6) is 2.01. The quantitative estimate of drug-likeness (QED) is 0.443. The summed E-state index contributed by atoms with van der Waals surface area (Å²) in [6.45, 7) is 8.01. The Morgan fingerprint density at radius 3 is 2.27 bits per heavy atom. The molecule has 0 bridgehead atoms. The number of unbranched alkanes of at least 4 members (excludes halogenated alkanes) is 4. The van der Waals surface area contributed by atoms with Crippen molar-refractivity contribution in [3.8, 4) is 22.9 Å². The molecular formula is C22H32N2O2. The fourth-order valence-electron chi connectivity index (χ4n) is 2.51. The van der Waals surface area contributed by atoms with Crippen LogP contribution in [0.2, 0.25) is 0 Å². The van der Waals surface area contributed by atoms with Crippen molar-refractivity contribution in [3.05, 3.63) is 36.4 Å². The van der Waals surface area contributed by atoms with Gasteiger partial charge in [0.05, 0.1) is 18.9 Å². The molecule has 2 rings (SSSR count). The minimum atomic E-state index is 0.524. The second-order valence-electron chi connectivity index (χ2n) is 6.87. The largest absolute Gasteiger partial charge is 0.494 e. The Labute approximate surface area is 158 Å². The van der Waals surface area contributed by atoms with Crippen LogP contribution in [0.25, 0.3) is 11.3 Å². The summed E-state index contributed by atoms with van der Waals surface area (Å²) in [6.07, 6.45) is 7.35. The molecule has 0 radical (unpaired) electrons. The van der Waals surface area contributed by atoms with Crippen molar-refractivity contribution in [1.82, 2.24) is 10.2 Å². The van der Waals surface area contributed by atoms with E-state index in [9.17, 15) is 0 Å². The summed E-state index contributed by atoms with van der Waals surface area (Å²) >= 11 is 0. The molecule has 1 atom stereocenters. The van der Waals surface area contributed by atoms with Gasteiger partial charge in [0.25, 0.3) is 0 Å². The molecule has 0 aliphatic heterocycles. The second-order valence-corrected chi connectivity index (χ2v) is 6.87. The summed E-state index contributed by atoms with van der Waals surface area (Å²) in [7, 11) is 0. The lowest BCUT2D eigenvalue weighted by atomic mass is 10.1. The Hall–Kier alpha value is -2.10. The van der Waals surface area contributed by atoms with Crippen molar-refractivity contribution in [3.63, 3.8) is 0 Å². The molecule has 1 aromatic heterocycles. The van der Waals surface area contributed by atoms with Crippen LogP contribution in [0.15, 0.2) is 36.4 Å². The van der Waals surface area contributed by atoms with E-state index < -0.39 is 0 Å². The van der Waals surface area contributed by atoms with Gasteiger partial charge in [-0.1, -0.05) is 52.9 Å².